The lowest BCUT2D eigenvalue weighted by Gasteiger charge is -2.17. The molecule has 0 radical (unpaired) electrons. The third-order valence-electron chi connectivity index (χ3n) is 2.14. The normalized spacial score (nSPS) is 10.6. The molecule has 1 aromatic carbocycles. The summed E-state index contributed by atoms with van der Waals surface area (Å²) in [5.41, 5.74) is -0.0655. The second-order valence-electron chi connectivity index (χ2n) is 3.38. The van der Waals surface area contributed by atoms with E-state index in [-0.39, 0.29) is 18.0 Å². The summed E-state index contributed by atoms with van der Waals surface area (Å²) in [6, 6.07) is 6.21. The standard InChI is InChI=1S/C12H17NO5/c1-3-16-12(17-4-2)9-18-11-8-6-5-7-10(11)13(14)15/h5-8,12H,3-4,9H2,1-2H3. The summed E-state index contributed by atoms with van der Waals surface area (Å²) in [5.74, 6) is 0.215. The quantitative estimate of drug-likeness (QED) is 0.405. The van der Waals surface area contributed by atoms with Gasteiger partial charge in [0.05, 0.1) is 4.92 Å². The van der Waals surface area contributed by atoms with Gasteiger partial charge in [-0.2, -0.15) is 0 Å². The van der Waals surface area contributed by atoms with Crippen LogP contribution in [0.25, 0.3) is 0 Å². The van der Waals surface area contributed by atoms with Gasteiger partial charge in [-0.3, -0.25) is 10.1 Å². The molecule has 100 valence electrons. The molecule has 0 atom stereocenters. The van der Waals surface area contributed by atoms with Crippen molar-refractivity contribution in [3.05, 3.63) is 34.4 Å². The summed E-state index contributed by atoms with van der Waals surface area (Å²) in [6.07, 6.45) is -0.514. The van der Waals surface area contributed by atoms with E-state index in [4.69, 9.17) is 14.2 Å². The lowest BCUT2D eigenvalue weighted by atomic mass is 10.3. The first-order chi connectivity index (χ1) is 8.69. The summed E-state index contributed by atoms with van der Waals surface area (Å²) in [5, 5.41) is 10.8. The summed E-state index contributed by atoms with van der Waals surface area (Å²) in [4.78, 5) is 10.3. The first kappa shape index (κ1) is 14.4. The van der Waals surface area contributed by atoms with Crippen LogP contribution in [-0.2, 0) is 9.47 Å². The predicted molar refractivity (Wildman–Crippen MR) is 65.6 cm³/mol. The molecule has 0 aromatic heterocycles. The Hall–Kier alpha value is -1.66. The van der Waals surface area contributed by atoms with Gasteiger partial charge < -0.3 is 14.2 Å². The lowest BCUT2D eigenvalue weighted by Crippen LogP contribution is -2.25. The maximum Gasteiger partial charge on any atom is 0.310 e. The number of rotatable bonds is 8. The van der Waals surface area contributed by atoms with Gasteiger partial charge in [-0.25, -0.2) is 0 Å². The van der Waals surface area contributed by atoms with Gasteiger partial charge in [-0.1, -0.05) is 12.1 Å². The van der Waals surface area contributed by atoms with Crippen molar-refractivity contribution in [2.75, 3.05) is 19.8 Å². The zero-order valence-electron chi connectivity index (χ0n) is 10.5. The highest BCUT2D eigenvalue weighted by atomic mass is 16.7. The maximum atomic E-state index is 10.8. The first-order valence-corrected chi connectivity index (χ1v) is 5.78. The van der Waals surface area contributed by atoms with Crippen molar-refractivity contribution in [2.24, 2.45) is 0 Å². The van der Waals surface area contributed by atoms with Crippen LogP contribution in [0.3, 0.4) is 0 Å². The summed E-state index contributed by atoms with van der Waals surface area (Å²) in [6.45, 7) is 4.79. The minimum Gasteiger partial charge on any atom is -0.481 e. The molecule has 0 bridgehead atoms. The largest absolute Gasteiger partial charge is 0.481 e. The summed E-state index contributed by atoms with van der Waals surface area (Å²) < 4.78 is 15.9. The van der Waals surface area contributed by atoms with E-state index in [1.165, 1.54) is 6.07 Å². The van der Waals surface area contributed by atoms with Crippen molar-refractivity contribution in [2.45, 2.75) is 20.1 Å². The van der Waals surface area contributed by atoms with Gasteiger partial charge in [0, 0.05) is 19.3 Å². The molecule has 0 aliphatic carbocycles. The Morgan fingerprint density at radius 1 is 1.22 bits per heavy atom. The molecule has 0 fully saturated rings. The number of benzene rings is 1. The van der Waals surface area contributed by atoms with Crippen LogP contribution in [0.2, 0.25) is 0 Å². The average Bonchev–Trinajstić information content (AvgIpc) is 2.36. The molecule has 0 N–H and O–H groups in total. The van der Waals surface area contributed by atoms with Crippen LogP contribution in [0.15, 0.2) is 24.3 Å². The SMILES string of the molecule is CCOC(COc1ccccc1[N+](=O)[O-])OCC. The van der Waals surface area contributed by atoms with Gasteiger partial charge in [0.15, 0.2) is 12.0 Å². The van der Waals surface area contributed by atoms with E-state index < -0.39 is 11.2 Å². The molecule has 0 aliphatic rings. The van der Waals surface area contributed by atoms with Crippen molar-refractivity contribution in [1.82, 2.24) is 0 Å². The minimum absolute atomic E-state index is 0.0655. The van der Waals surface area contributed by atoms with Gasteiger partial charge in [0.1, 0.15) is 6.61 Å². The molecule has 0 spiro atoms. The zero-order valence-corrected chi connectivity index (χ0v) is 10.5. The van der Waals surface area contributed by atoms with Gasteiger partial charge in [-0.15, -0.1) is 0 Å². The first-order valence-electron chi connectivity index (χ1n) is 5.78. The molecule has 0 saturated heterocycles. The fraction of sp³-hybridized carbons (Fsp3) is 0.500. The van der Waals surface area contributed by atoms with E-state index >= 15 is 0 Å². The number of hydrogen-bond acceptors (Lipinski definition) is 5. The molecule has 1 aromatic rings. The predicted octanol–water partition coefficient (Wildman–Crippen LogP) is 2.37. The van der Waals surface area contributed by atoms with Gasteiger partial charge in [0.2, 0.25) is 0 Å². The Balaban J connectivity index is 2.63. The highest BCUT2D eigenvalue weighted by molar-refractivity contribution is 5.45. The molecule has 6 nitrogen and oxygen atoms in total. The lowest BCUT2D eigenvalue weighted by molar-refractivity contribution is -0.386. The summed E-state index contributed by atoms with van der Waals surface area (Å²) >= 11 is 0. The fourth-order valence-corrected chi connectivity index (χ4v) is 1.40. The van der Waals surface area contributed by atoms with E-state index in [9.17, 15) is 10.1 Å². The monoisotopic (exact) mass is 255 g/mol. The maximum absolute atomic E-state index is 10.8. The van der Waals surface area contributed by atoms with Crippen molar-refractivity contribution in [1.29, 1.82) is 0 Å². The minimum atomic E-state index is -0.514. The van der Waals surface area contributed by atoms with Crippen molar-refractivity contribution >= 4 is 5.69 Å². The molecular weight excluding hydrogens is 238 g/mol. The number of hydrogen-bond donors (Lipinski definition) is 0. The average molecular weight is 255 g/mol. The molecule has 0 aliphatic heterocycles. The number of para-hydroxylation sites is 2. The fourth-order valence-electron chi connectivity index (χ4n) is 1.40. The van der Waals surface area contributed by atoms with Crippen molar-refractivity contribution in [3.63, 3.8) is 0 Å². The number of nitrogens with zero attached hydrogens (tertiary/aromatic N) is 1. The van der Waals surface area contributed by atoms with E-state index in [0.717, 1.165) is 0 Å². The zero-order chi connectivity index (χ0) is 13.4. The van der Waals surface area contributed by atoms with Crippen LogP contribution < -0.4 is 4.74 Å². The molecule has 0 heterocycles. The third-order valence-corrected chi connectivity index (χ3v) is 2.14. The second kappa shape index (κ2) is 7.62. The Morgan fingerprint density at radius 2 is 1.83 bits per heavy atom. The molecule has 0 unspecified atom stereocenters. The Labute approximate surface area is 106 Å². The van der Waals surface area contributed by atoms with E-state index in [2.05, 4.69) is 0 Å². The molecule has 1 rings (SSSR count). The molecule has 18 heavy (non-hydrogen) atoms. The molecule has 6 heteroatoms. The number of ether oxygens (including phenoxy) is 3. The summed E-state index contributed by atoms with van der Waals surface area (Å²) in [7, 11) is 0. The number of nitro groups is 1. The Bertz CT molecular complexity index is 376. The molecule has 0 saturated carbocycles. The van der Waals surface area contributed by atoms with Crippen molar-refractivity contribution in [3.8, 4) is 5.75 Å². The molecular formula is C12H17NO5. The third kappa shape index (κ3) is 4.31. The van der Waals surface area contributed by atoms with Gasteiger partial charge in [-0.05, 0) is 19.9 Å². The smallest absolute Gasteiger partial charge is 0.310 e. The highest BCUT2D eigenvalue weighted by Gasteiger charge is 2.16. The second-order valence-corrected chi connectivity index (χ2v) is 3.38. The van der Waals surface area contributed by atoms with Crippen LogP contribution in [0.5, 0.6) is 5.75 Å². The van der Waals surface area contributed by atoms with Crippen molar-refractivity contribution < 1.29 is 19.1 Å². The Kier molecular flexibility index (Phi) is 6.10. The van der Waals surface area contributed by atoms with Crippen LogP contribution in [-0.4, -0.2) is 31.0 Å². The van der Waals surface area contributed by atoms with E-state index in [1.807, 2.05) is 13.8 Å². The molecule has 0 amide bonds. The Morgan fingerprint density at radius 3 is 2.39 bits per heavy atom. The van der Waals surface area contributed by atoms with E-state index in [1.54, 1.807) is 18.2 Å². The van der Waals surface area contributed by atoms with Crippen LogP contribution >= 0.6 is 0 Å². The van der Waals surface area contributed by atoms with Gasteiger partial charge in [0.25, 0.3) is 0 Å². The highest BCUT2D eigenvalue weighted by Crippen LogP contribution is 2.25. The van der Waals surface area contributed by atoms with Crippen LogP contribution in [0.4, 0.5) is 5.69 Å². The van der Waals surface area contributed by atoms with Crippen LogP contribution in [0, 0.1) is 10.1 Å². The van der Waals surface area contributed by atoms with Crippen LogP contribution in [0.1, 0.15) is 13.8 Å². The van der Waals surface area contributed by atoms with E-state index in [0.29, 0.717) is 13.2 Å². The number of nitro benzene ring substituents is 1. The topological polar surface area (TPSA) is 70.8 Å². The van der Waals surface area contributed by atoms with Gasteiger partial charge >= 0.3 is 5.69 Å².